The summed E-state index contributed by atoms with van der Waals surface area (Å²) in [4.78, 5) is 29.3. The molecule has 0 aromatic rings. The van der Waals surface area contributed by atoms with Gasteiger partial charge in [-0.05, 0) is 25.7 Å². The van der Waals surface area contributed by atoms with Crippen LogP contribution in [0.15, 0.2) is 4.99 Å². The minimum Gasteiger partial charge on any atom is -0.319 e. The number of hydrogen-bond donors (Lipinski definition) is 2. The number of carbonyl (C=O) groups excluding carboxylic acids is 2. The number of amides is 2. The van der Waals surface area contributed by atoms with Crippen molar-refractivity contribution in [2.75, 3.05) is 0 Å². The van der Waals surface area contributed by atoms with E-state index < -0.39 is 11.0 Å². The van der Waals surface area contributed by atoms with Gasteiger partial charge in [-0.2, -0.15) is 4.99 Å². The van der Waals surface area contributed by atoms with E-state index in [9.17, 15) is 9.59 Å². The van der Waals surface area contributed by atoms with Crippen molar-refractivity contribution in [3.63, 3.8) is 0 Å². The van der Waals surface area contributed by atoms with Gasteiger partial charge in [-0.3, -0.25) is 9.59 Å². The molecule has 3 N–H and O–H groups in total. The van der Waals surface area contributed by atoms with Crippen LogP contribution in [-0.2, 0) is 9.59 Å². The minimum atomic E-state index is -0.908. The molecule has 20 heavy (non-hydrogen) atoms. The van der Waals surface area contributed by atoms with Crippen LogP contribution in [-0.4, -0.2) is 23.2 Å². The molecule has 0 atom stereocenters. The number of rotatable bonds is 1. The first-order valence-corrected chi connectivity index (χ1v) is 7.81. The highest BCUT2D eigenvalue weighted by atomic mass is 16.2. The van der Waals surface area contributed by atoms with Gasteiger partial charge in [0, 0.05) is 0 Å². The maximum absolute atomic E-state index is 12.6. The first-order chi connectivity index (χ1) is 9.57. The number of hydrogen-bond acceptors (Lipinski definition) is 3. The summed E-state index contributed by atoms with van der Waals surface area (Å²) >= 11 is 0. The van der Waals surface area contributed by atoms with Crippen LogP contribution in [0.3, 0.4) is 0 Å². The molecule has 2 amide bonds. The fourth-order valence-electron chi connectivity index (χ4n) is 3.81. The zero-order valence-corrected chi connectivity index (χ0v) is 11.9. The van der Waals surface area contributed by atoms with Gasteiger partial charge in [-0.15, -0.1) is 0 Å². The van der Waals surface area contributed by atoms with Crippen molar-refractivity contribution in [3.05, 3.63) is 0 Å². The molecule has 5 heteroatoms. The molecule has 5 nitrogen and oxygen atoms in total. The number of nitrogens with zero attached hydrogens (tertiary/aromatic N) is 1. The van der Waals surface area contributed by atoms with E-state index in [1.807, 2.05) is 0 Å². The second-order valence-corrected chi connectivity index (χ2v) is 6.58. The lowest BCUT2D eigenvalue weighted by Gasteiger charge is -2.36. The van der Waals surface area contributed by atoms with E-state index in [1.165, 1.54) is 0 Å². The normalized spacial score (nSPS) is 28.9. The molecule has 0 aromatic carbocycles. The average molecular weight is 277 g/mol. The van der Waals surface area contributed by atoms with Crippen LogP contribution in [0.2, 0.25) is 0 Å². The molecule has 0 bridgehead atoms. The molecule has 2 saturated carbocycles. The standard InChI is InChI=1S/C15H23N3O2/c16-15(9-5-6-10-15)11-17-12(19)14(13(20)18-11)7-3-1-2-4-8-14/h1-10,16H2,(H,17,18,19,20). The molecule has 3 aliphatic rings. The Bertz CT molecular complexity index is 456. The van der Waals surface area contributed by atoms with Crippen molar-refractivity contribution in [2.45, 2.75) is 69.7 Å². The summed E-state index contributed by atoms with van der Waals surface area (Å²) in [7, 11) is 0. The second-order valence-electron chi connectivity index (χ2n) is 6.58. The van der Waals surface area contributed by atoms with E-state index in [1.54, 1.807) is 0 Å². The molecule has 0 radical (unpaired) electrons. The van der Waals surface area contributed by atoms with E-state index in [0.29, 0.717) is 18.7 Å². The van der Waals surface area contributed by atoms with Gasteiger partial charge in [0.15, 0.2) is 0 Å². The molecule has 2 fully saturated rings. The van der Waals surface area contributed by atoms with Crippen LogP contribution in [0.1, 0.15) is 64.2 Å². The highest BCUT2D eigenvalue weighted by Gasteiger charge is 2.51. The molecule has 2 aliphatic carbocycles. The smallest absolute Gasteiger partial charge is 0.263 e. The van der Waals surface area contributed by atoms with Crippen LogP contribution in [0, 0.1) is 5.41 Å². The first-order valence-electron chi connectivity index (χ1n) is 7.81. The highest BCUT2D eigenvalue weighted by molar-refractivity contribution is 6.20. The van der Waals surface area contributed by atoms with E-state index in [4.69, 9.17) is 5.73 Å². The van der Waals surface area contributed by atoms with Gasteiger partial charge in [0.25, 0.3) is 5.91 Å². The van der Waals surface area contributed by atoms with Crippen molar-refractivity contribution < 1.29 is 9.59 Å². The Balaban J connectivity index is 1.90. The van der Waals surface area contributed by atoms with Crippen molar-refractivity contribution >= 4 is 17.6 Å². The Labute approximate surface area is 119 Å². The SMILES string of the molecule is NC1(C2=NC(=O)C3(CCCCCC3)C(=O)N2)CCCC1. The maximum Gasteiger partial charge on any atom is 0.263 e. The Morgan fingerprint density at radius 2 is 1.45 bits per heavy atom. The Morgan fingerprint density at radius 3 is 2.00 bits per heavy atom. The lowest BCUT2D eigenvalue weighted by molar-refractivity contribution is -0.142. The van der Waals surface area contributed by atoms with Crippen LogP contribution < -0.4 is 11.1 Å². The molecule has 1 aliphatic heterocycles. The Hall–Kier alpha value is -1.23. The van der Waals surface area contributed by atoms with Gasteiger partial charge in [0.2, 0.25) is 5.91 Å². The lowest BCUT2D eigenvalue weighted by Crippen LogP contribution is -2.61. The number of aliphatic imine (C=N–C) groups is 1. The highest BCUT2D eigenvalue weighted by Crippen LogP contribution is 2.39. The van der Waals surface area contributed by atoms with Crippen molar-refractivity contribution in [2.24, 2.45) is 16.1 Å². The quantitative estimate of drug-likeness (QED) is 0.715. The predicted molar refractivity (Wildman–Crippen MR) is 76.1 cm³/mol. The minimum absolute atomic E-state index is 0.161. The van der Waals surface area contributed by atoms with Crippen LogP contribution in [0.5, 0.6) is 0 Å². The fraction of sp³-hybridized carbons (Fsp3) is 0.800. The van der Waals surface area contributed by atoms with E-state index in [0.717, 1.165) is 51.4 Å². The monoisotopic (exact) mass is 277 g/mol. The van der Waals surface area contributed by atoms with E-state index in [-0.39, 0.29) is 11.8 Å². The van der Waals surface area contributed by atoms with Gasteiger partial charge in [0.1, 0.15) is 11.3 Å². The molecular formula is C15H23N3O2. The molecule has 0 saturated heterocycles. The zero-order chi connectivity index (χ0) is 14.2. The van der Waals surface area contributed by atoms with Gasteiger partial charge in [-0.25, -0.2) is 0 Å². The number of amidine groups is 1. The summed E-state index contributed by atoms with van der Waals surface area (Å²) in [6, 6.07) is 0. The van der Waals surface area contributed by atoms with E-state index >= 15 is 0 Å². The summed E-state index contributed by atoms with van der Waals surface area (Å²) in [6.07, 6.45) is 8.97. The molecule has 110 valence electrons. The Morgan fingerprint density at radius 1 is 0.900 bits per heavy atom. The average Bonchev–Trinajstić information content (AvgIpc) is 2.73. The number of nitrogens with two attached hydrogens (primary N) is 1. The molecular weight excluding hydrogens is 254 g/mol. The molecule has 1 spiro atoms. The molecule has 0 aromatic heterocycles. The van der Waals surface area contributed by atoms with Crippen molar-refractivity contribution in [3.8, 4) is 0 Å². The molecule has 0 unspecified atom stereocenters. The third-order valence-corrected chi connectivity index (χ3v) is 5.21. The van der Waals surface area contributed by atoms with Crippen LogP contribution in [0.25, 0.3) is 0 Å². The maximum atomic E-state index is 12.6. The fourth-order valence-corrected chi connectivity index (χ4v) is 3.81. The molecule has 1 heterocycles. The van der Waals surface area contributed by atoms with Crippen LogP contribution in [0.4, 0.5) is 0 Å². The van der Waals surface area contributed by atoms with Crippen molar-refractivity contribution in [1.82, 2.24) is 5.32 Å². The van der Waals surface area contributed by atoms with Gasteiger partial charge < -0.3 is 11.1 Å². The third-order valence-electron chi connectivity index (χ3n) is 5.21. The summed E-state index contributed by atoms with van der Waals surface area (Å²) in [5, 5.41) is 2.88. The van der Waals surface area contributed by atoms with Gasteiger partial charge in [-0.1, -0.05) is 38.5 Å². The molecule has 3 rings (SSSR count). The topological polar surface area (TPSA) is 84.5 Å². The summed E-state index contributed by atoms with van der Waals surface area (Å²) in [6.45, 7) is 0. The van der Waals surface area contributed by atoms with Crippen molar-refractivity contribution in [1.29, 1.82) is 0 Å². The largest absolute Gasteiger partial charge is 0.319 e. The summed E-state index contributed by atoms with van der Waals surface area (Å²) < 4.78 is 0. The van der Waals surface area contributed by atoms with Crippen LogP contribution >= 0.6 is 0 Å². The summed E-state index contributed by atoms with van der Waals surface area (Å²) in [5.74, 6) is 0.000807. The van der Waals surface area contributed by atoms with Gasteiger partial charge in [0.05, 0.1) is 5.54 Å². The summed E-state index contributed by atoms with van der Waals surface area (Å²) in [5.41, 5.74) is 4.80. The lowest BCUT2D eigenvalue weighted by atomic mass is 9.77. The van der Waals surface area contributed by atoms with E-state index in [2.05, 4.69) is 10.3 Å². The number of carbonyl (C=O) groups is 2. The third kappa shape index (κ3) is 2.08. The number of nitrogens with one attached hydrogen (secondary N) is 1. The Kier molecular flexibility index (Phi) is 3.40. The predicted octanol–water partition coefficient (Wildman–Crippen LogP) is 1.65. The first kappa shape index (κ1) is 13.7. The second kappa shape index (κ2) is 4.95. The van der Waals surface area contributed by atoms with Gasteiger partial charge >= 0.3 is 0 Å². The zero-order valence-electron chi connectivity index (χ0n) is 11.9.